The van der Waals surface area contributed by atoms with Gasteiger partial charge in [-0.2, -0.15) is 13.2 Å². The summed E-state index contributed by atoms with van der Waals surface area (Å²) >= 11 is 0. The van der Waals surface area contributed by atoms with Crippen molar-refractivity contribution in [3.8, 4) is 0 Å². The summed E-state index contributed by atoms with van der Waals surface area (Å²) in [5.41, 5.74) is 4.19. The van der Waals surface area contributed by atoms with E-state index in [4.69, 9.17) is 0 Å². The molecule has 0 aliphatic rings. The highest BCUT2D eigenvalue weighted by Gasteiger charge is 2.33. The van der Waals surface area contributed by atoms with Gasteiger partial charge in [0.2, 0.25) is 0 Å². The van der Waals surface area contributed by atoms with Crippen LogP contribution in [0.1, 0.15) is 50.8 Å². The number of nitrogens with one attached hydrogen (secondary N) is 2. The Morgan fingerprint density at radius 3 is 2.10 bits per heavy atom. The van der Waals surface area contributed by atoms with Gasteiger partial charge in [-0.3, -0.25) is 0 Å². The Bertz CT molecular complexity index is 847. The summed E-state index contributed by atoms with van der Waals surface area (Å²) in [4.78, 5) is 0. The van der Waals surface area contributed by atoms with Crippen molar-refractivity contribution in [3.63, 3.8) is 0 Å². The van der Waals surface area contributed by atoms with Gasteiger partial charge in [-0.05, 0) is 55.2 Å². The average molecular weight is 419 g/mol. The number of benzene rings is 2. The van der Waals surface area contributed by atoms with Gasteiger partial charge in [0.1, 0.15) is 0 Å². The topological polar surface area (TPSA) is 24.1 Å². The second-order valence-electron chi connectivity index (χ2n) is 6.71. The maximum absolute atomic E-state index is 13.4. The third-order valence-corrected chi connectivity index (χ3v) is 4.79. The van der Waals surface area contributed by atoms with E-state index in [1.165, 1.54) is 24.1 Å². The minimum Gasteiger partial charge on any atom is -0.388 e. The van der Waals surface area contributed by atoms with Crippen molar-refractivity contribution < 1.29 is 13.2 Å². The van der Waals surface area contributed by atoms with Crippen LogP contribution < -0.4 is 10.6 Å². The van der Waals surface area contributed by atoms with Gasteiger partial charge in [0.05, 0.1) is 5.57 Å². The summed E-state index contributed by atoms with van der Waals surface area (Å²) in [6.07, 6.45) is -2.84. The van der Waals surface area contributed by atoms with Gasteiger partial charge in [0, 0.05) is 25.0 Å². The maximum atomic E-state index is 13.4. The number of rotatable bonds is 7. The molecule has 0 aliphatic carbocycles. The van der Waals surface area contributed by atoms with Crippen molar-refractivity contribution in [1.82, 2.24) is 5.32 Å². The molecule has 0 heterocycles. The van der Waals surface area contributed by atoms with Crippen LogP contribution in [0.5, 0.6) is 0 Å². The van der Waals surface area contributed by atoms with E-state index in [0.717, 1.165) is 5.69 Å². The molecule has 2 aromatic carbocycles. The fourth-order valence-electron chi connectivity index (χ4n) is 2.85. The fourth-order valence-corrected chi connectivity index (χ4v) is 2.85. The van der Waals surface area contributed by atoms with Crippen molar-refractivity contribution in [2.24, 2.45) is 0 Å². The Morgan fingerprint density at radius 2 is 1.60 bits per heavy atom. The summed E-state index contributed by atoms with van der Waals surface area (Å²) in [6.45, 7) is 10.00. The molecule has 0 aromatic heterocycles. The molecule has 30 heavy (non-hydrogen) atoms. The number of alkyl halides is 3. The van der Waals surface area contributed by atoms with Crippen LogP contribution >= 0.6 is 0 Å². The molecule has 0 saturated heterocycles. The normalized spacial score (nSPS) is 12.5. The second kappa shape index (κ2) is 12.1. The second-order valence-corrected chi connectivity index (χ2v) is 6.71. The number of hydrogen-bond donors (Lipinski definition) is 2. The van der Waals surface area contributed by atoms with Crippen LogP contribution in [0, 0.1) is 6.92 Å². The molecule has 0 radical (unpaired) electrons. The van der Waals surface area contributed by atoms with E-state index >= 15 is 0 Å². The highest BCUT2D eigenvalue weighted by molar-refractivity contribution is 5.68. The number of aryl methyl sites for hydroxylation is 1. The molecule has 0 bridgehead atoms. The zero-order chi connectivity index (χ0) is 22.7. The lowest BCUT2D eigenvalue weighted by Crippen LogP contribution is -2.15. The zero-order valence-electron chi connectivity index (χ0n) is 18.7. The summed E-state index contributed by atoms with van der Waals surface area (Å²) in [6, 6.07) is 15.5. The Hall–Kier alpha value is -2.69. The molecule has 0 fully saturated rings. The number of halogens is 3. The monoisotopic (exact) mass is 418 g/mol. The minimum absolute atomic E-state index is 0.316. The standard InChI is InChI=1S/C23H27F3N2.C2H6/c1-5-16(2)21(23(24,25)26)14-22(27-4)18-10-12-20(13-11-18)28-15-19-9-7-6-8-17(19)3;1-2/h6-14,27-28H,5,15H2,1-4H3;1-2H3/b21-16?,22-14-;. The fraction of sp³-hybridized carbons (Fsp3) is 0.360. The highest BCUT2D eigenvalue weighted by Crippen LogP contribution is 2.32. The van der Waals surface area contributed by atoms with Gasteiger partial charge in [-0.15, -0.1) is 0 Å². The van der Waals surface area contributed by atoms with Crippen LogP contribution in [0.2, 0.25) is 0 Å². The van der Waals surface area contributed by atoms with Crippen molar-refractivity contribution in [2.45, 2.75) is 53.8 Å². The van der Waals surface area contributed by atoms with Crippen molar-refractivity contribution in [1.29, 1.82) is 0 Å². The number of hydrogen-bond acceptors (Lipinski definition) is 2. The molecule has 164 valence electrons. The Morgan fingerprint density at radius 1 is 1.00 bits per heavy atom. The lowest BCUT2D eigenvalue weighted by Gasteiger charge is -2.15. The SMILES string of the molecule is CC.CCC(C)=C(/C=C(\NC)c1ccc(NCc2ccccc2C)cc1)C(F)(F)F. The lowest BCUT2D eigenvalue weighted by molar-refractivity contribution is -0.0890. The number of anilines is 1. The minimum atomic E-state index is -4.38. The summed E-state index contributed by atoms with van der Waals surface area (Å²) in [7, 11) is 1.63. The van der Waals surface area contributed by atoms with Gasteiger partial charge in [0.15, 0.2) is 0 Å². The summed E-state index contributed by atoms with van der Waals surface area (Å²) < 4.78 is 40.2. The molecule has 2 nitrogen and oxygen atoms in total. The predicted octanol–water partition coefficient (Wildman–Crippen LogP) is 7.48. The molecule has 2 rings (SSSR count). The first kappa shape index (κ1) is 25.3. The van der Waals surface area contributed by atoms with Gasteiger partial charge in [0.25, 0.3) is 0 Å². The van der Waals surface area contributed by atoms with E-state index in [1.807, 2.05) is 50.2 Å². The first-order valence-electron chi connectivity index (χ1n) is 10.3. The maximum Gasteiger partial charge on any atom is 0.416 e. The summed E-state index contributed by atoms with van der Waals surface area (Å²) in [5, 5.41) is 6.24. The quantitative estimate of drug-likeness (QED) is 0.455. The number of allylic oxidation sites excluding steroid dienone is 3. The van der Waals surface area contributed by atoms with E-state index in [2.05, 4.69) is 29.7 Å². The molecule has 0 aliphatic heterocycles. The molecule has 0 saturated carbocycles. The van der Waals surface area contributed by atoms with Gasteiger partial charge < -0.3 is 10.6 Å². The average Bonchev–Trinajstić information content (AvgIpc) is 2.74. The van der Waals surface area contributed by atoms with Crippen LogP contribution in [0.3, 0.4) is 0 Å². The molecule has 2 aromatic rings. The van der Waals surface area contributed by atoms with Crippen LogP contribution in [0.15, 0.2) is 65.8 Å². The first-order valence-corrected chi connectivity index (χ1v) is 10.3. The van der Waals surface area contributed by atoms with Crippen LogP contribution in [0.25, 0.3) is 5.70 Å². The summed E-state index contributed by atoms with van der Waals surface area (Å²) in [5.74, 6) is 0. The molecule has 2 N–H and O–H groups in total. The van der Waals surface area contributed by atoms with Crippen molar-refractivity contribution in [2.75, 3.05) is 12.4 Å². The highest BCUT2D eigenvalue weighted by atomic mass is 19.4. The van der Waals surface area contributed by atoms with Gasteiger partial charge in [-0.25, -0.2) is 0 Å². The zero-order valence-corrected chi connectivity index (χ0v) is 18.7. The van der Waals surface area contributed by atoms with Crippen LogP contribution in [-0.2, 0) is 6.54 Å². The van der Waals surface area contributed by atoms with E-state index in [-0.39, 0.29) is 0 Å². The molecule has 5 heteroatoms. The third-order valence-electron chi connectivity index (χ3n) is 4.79. The Labute approximate surface area is 178 Å². The Kier molecular flexibility index (Phi) is 10.2. The molecule has 0 amide bonds. The first-order chi connectivity index (χ1) is 14.3. The largest absolute Gasteiger partial charge is 0.416 e. The van der Waals surface area contributed by atoms with E-state index in [1.54, 1.807) is 14.0 Å². The van der Waals surface area contributed by atoms with E-state index in [9.17, 15) is 13.2 Å². The van der Waals surface area contributed by atoms with Crippen molar-refractivity contribution in [3.05, 3.63) is 82.4 Å². The van der Waals surface area contributed by atoms with Crippen LogP contribution in [0.4, 0.5) is 18.9 Å². The molecule has 0 unspecified atom stereocenters. The van der Waals surface area contributed by atoms with Crippen LogP contribution in [-0.4, -0.2) is 13.2 Å². The molecule has 0 spiro atoms. The van der Waals surface area contributed by atoms with E-state index < -0.39 is 11.7 Å². The molecular formula is C25H33F3N2. The van der Waals surface area contributed by atoms with Crippen molar-refractivity contribution >= 4 is 11.4 Å². The van der Waals surface area contributed by atoms with Gasteiger partial charge in [-0.1, -0.05) is 62.7 Å². The predicted molar refractivity (Wildman–Crippen MR) is 122 cm³/mol. The lowest BCUT2D eigenvalue weighted by atomic mass is 10.0. The Balaban J connectivity index is 0.00000218. The van der Waals surface area contributed by atoms with E-state index in [0.29, 0.717) is 29.8 Å². The smallest absolute Gasteiger partial charge is 0.388 e. The van der Waals surface area contributed by atoms with Gasteiger partial charge >= 0.3 is 6.18 Å². The molecule has 0 atom stereocenters. The molecular weight excluding hydrogens is 385 g/mol. The third kappa shape index (κ3) is 7.29.